The number of hydrogen-bond donors (Lipinski definition) is 2. The lowest BCUT2D eigenvalue weighted by Crippen LogP contribution is -2.24. The highest BCUT2D eigenvalue weighted by molar-refractivity contribution is 8.00. The fourth-order valence-electron chi connectivity index (χ4n) is 2.89. The maximum absolute atomic E-state index is 13.0. The van der Waals surface area contributed by atoms with E-state index in [9.17, 15) is 9.59 Å². The first-order chi connectivity index (χ1) is 13.0. The molecular formula is C16H14N6O3S2. The summed E-state index contributed by atoms with van der Waals surface area (Å²) in [5.41, 5.74) is 1.80. The topological polar surface area (TPSA) is 115 Å². The highest BCUT2D eigenvalue weighted by Gasteiger charge is 2.18. The minimum atomic E-state index is -1.20. The maximum Gasteiger partial charge on any atom is 0.410 e. The van der Waals surface area contributed by atoms with Gasteiger partial charge in [-0.15, -0.1) is 11.3 Å². The van der Waals surface area contributed by atoms with Gasteiger partial charge in [0.15, 0.2) is 9.99 Å². The van der Waals surface area contributed by atoms with Gasteiger partial charge in [-0.05, 0) is 24.0 Å². The van der Waals surface area contributed by atoms with Crippen LogP contribution in [0.1, 0.15) is 5.56 Å². The minimum Gasteiger partial charge on any atom is -0.465 e. The number of aryl methyl sites for hydroxylation is 1. The maximum atomic E-state index is 13.0. The molecule has 9 nitrogen and oxygen atoms in total. The molecule has 0 aromatic carbocycles. The molecule has 0 fully saturated rings. The van der Waals surface area contributed by atoms with Gasteiger partial charge in [-0.2, -0.15) is 5.10 Å². The van der Waals surface area contributed by atoms with Crippen LogP contribution in [0.3, 0.4) is 0 Å². The van der Waals surface area contributed by atoms with E-state index in [1.807, 2.05) is 13.3 Å². The van der Waals surface area contributed by atoms with Gasteiger partial charge in [-0.3, -0.25) is 10.1 Å². The second-order valence-corrected chi connectivity index (χ2v) is 7.80. The lowest BCUT2D eigenvalue weighted by molar-refractivity contribution is 0.209. The molecule has 0 atom stereocenters. The molecule has 27 heavy (non-hydrogen) atoms. The third-order valence-corrected chi connectivity index (χ3v) is 6.14. The number of pyridine rings is 1. The Balaban J connectivity index is 1.77. The van der Waals surface area contributed by atoms with E-state index in [-0.39, 0.29) is 17.9 Å². The summed E-state index contributed by atoms with van der Waals surface area (Å²) < 4.78 is 5.04. The molecule has 4 heterocycles. The van der Waals surface area contributed by atoms with Crippen molar-refractivity contribution in [2.75, 3.05) is 11.6 Å². The normalized spacial score (nSPS) is 11.3. The van der Waals surface area contributed by atoms with Crippen molar-refractivity contribution < 1.29 is 9.90 Å². The van der Waals surface area contributed by atoms with Crippen molar-refractivity contribution in [2.24, 2.45) is 7.05 Å². The number of rotatable bonds is 4. The fraction of sp³-hybridized carbons (Fsp3) is 0.188. The molecule has 1 amide bonds. The van der Waals surface area contributed by atoms with Crippen molar-refractivity contribution in [2.45, 2.75) is 10.9 Å². The van der Waals surface area contributed by atoms with Crippen molar-refractivity contribution >= 4 is 56.3 Å². The first kappa shape index (κ1) is 17.5. The van der Waals surface area contributed by atoms with Gasteiger partial charge >= 0.3 is 6.09 Å². The monoisotopic (exact) mass is 402 g/mol. The predicted molar refractivity (Wildman–Crippen MR) is 105 cm³/mol. The van der Waals surface area contributed by atoms with Crippen LogP contribution in [0, 0.1) is 0 Å². The Bertz CT molecular complexity index is 1240. The Morgan fingerprint density at radius 3 is 3.00 bits per heavy atom. The van der Waals surface area contributed by atoms with Crippen LogP contribution in [0.5, 0.6) is 0 Å². The molecule has 4 aromatic heterocycles. The van der Waals surface area contributed by atoms with E-state index in [1.54, 1.807) is 46.0 Å². The highest BCUT2D eigenvalue weighted by atomic mass is 32.2. The number of anilines is 1. The molecule has 0 aliphatic heterocycles. The molecule has 0 radical (unpaired) electrons. The molecule has 4 aromatic rings. The molecule has 0 aliphatic carbocycles. The van der Waals surface area contributed by atoms with Gasteiger partial charge in [0, 0.05) is 18.6 Å². The van der Waals surface area contributed by atoms with Gasteiger partial charge in [-0.25, -0.2) is 19.4 Å². The van der Waals surface area contributed by atoms with Gasteiger partial charge in [-0.1, -0.05) is 11.8 Å². The predicted octanol–water partition coefficient (Wildman–Crippen LogP) is 2.60. The zero-order chi connectivity index (χ0) is 19.1. The Hall–Kier alpha value is -2.92. The zero-order valence-electron chi connectivity index (χ0n) is 14.3. The fourth-order valence-corrected chi connectivity index (χ4v) is 4.49. The smallest absolute Gasteiger partial charge is 0.410 e. The lowest BCUT2D eigenvalue weighted by Gasteiger charge is -2.07. The summed E-state index contributed by atoms with van der Waals surface area (Å²) in [6.07, 6.45) is 3.93. The molecule has 0 unspecified atom stereocenters. The summed E-state index contributed by atoms with van der Waals surface area (Å²) in [6.45, 7) is 0.202. The van der Waals surface area contributed by atoms with E-state index in [0.717, 1.165) is 20.1 Å². The van der Waals surface area contributed by atoms with Crippen LogP contribution in [-0.4, -0.2) is 41.8 Å². The summed E-state index contributed by atoms with van der Waals surface area (Å²) in [5.74, 6) is 0.197. The molecule has 0 spiro atoms. The van der Waals surface area contributed by atoms with Crippen molar-refractivity contribution in [3.05, 3.63) is 40.4 Å². The Morgan fingerprint density at radius 1 is 1.44 bits per heavy atom. The molecule has 138 valence electrons. The van der Waals surface area contributed by atoms with Gasteiger partial charge < -0.3 is 9.67 Å². The molecule has 11 heteroatoms. The number of carboxylic acid groups (broad SMARTS) is 1. The van der Waals surface area contributed by atoms with Crippen LogP contribution in [0.2, 0.25) is 0 Å². The van der Waals surface area contributed by atoms with Crippen LogP contribution in [0.25, 0.3) is 21.3 Å². The Labute approximate surface area is 160 Å². The molecule has 0 bridgehead atoms. The quantitative estimate of drug-likeness (QED) is 0.504. The Kier molecular flexibility index (Phi) is 4.32. The molecule has 0 saturated carbocycles. The number of carbonyl (C=O) groups is 1. The number of nitrogens with one attached hydrogen (secondary N) is 1. The number of amides is 1. The van der Waals surface area contributed by atoms with E-state index >= 15 is 0 Å². The van der Waals surface area contributed by atoms with Crippen molar-refractivity contribution in [3.8, 4) is 0 Å². The number of nitrogens with zero attached hydrogens (tertiary/aromatic N) is 5. The summed E-state index contributed by atoms with van der Waals surface area (Å²) in [6, 6.07) is 3.28. The van der Waals surface area contributed by atoms with Crippen molar-refractivity contribution in [1.29, 1.82) is 0 Å². The molecular weight excluding hydrogens is 388 g/mol. The van der Waals surface area contributed by atoms with Crippen LogP contribution in [0.15, 0.2) is 33.7 Å². The third-order valence-electron chi connectivity index (χ3n) is 4.07. The average molecular weight is 402 g/mol. The Morgan fingerprint density at radius 2 is 2.26 bits per heavy atom. The number of hydrogen-bond acceptors (Lipinski definition) is 7. The van der Waals surface area contributed by atoms with E-state index in [1.165, 1.54) is 10.9 Å². The third kappa shape index (κ3) is 3.04. The number of thiazole rings is 1. The molecule has 4 rings (SSSR count). The van der Waals surface area contributed by atoms with Gasteiger partial charge in [0.05, 0.1) is 17.4 Å². The van der Waals surface area contributed by atoms with Crippen LogP contribution >= 0.6 is 23.1 Å². The largest absolute Gasteiger partial charge is 0.465 e. The first-order valence-corrected chi connectivity index (χ1v) is 9.86. The SMILES string of the molecule is CSc1nc2c(s1)c1cnn(Cc3ccnc(NC(=O)O)c3)c(=O)c1n2C. The second-order valence-electron chi connectivity index (χ2n) is 5.74. The molecule has 0 aliphatic rings. The zero-order valence-corrected chi connectivity index (χ0v) is 16.0. The highest BCUT2D eigenvalue weighted by Crippen LogP contribution is 2.34. The van der Waals surface area contributed by atoms with E-state index in [0.29, 0.717) is 11.1 Å². The van der Waals surface area contributed by atoms with Crippen molar-refractivity contribution in [1.82, 2.24) is 24.3 Å². The number of thioether (sulfide) groups is 1. The number of aromatic nitrogens is 5. The number of fused-ring (bicyclic) bond motifs is 3. The standard InChI is InChI=1S/C16H14N6O3S2/c1-21-11-9(12-13(21)20-16(26-2)27-12)6-18-22(14(11)23)7-8-3-4-17-10(5-8)19-15(24)25/h3-6H,7H2,1-2H3,(H,17,19)(H,24,25). The van der Waals surface area contributed by atoms with Gasteiger partial charge in [0.1, 0.15) is 11.3 Å². The summed E-state index contributed by atoms with van der Waals surface area (Å²) >= 11 is 3.11. The summed E-state index contributed by atoms with van der Waals surface area (Å²) in [4.78, 5) is 32.2. The molecule has 2 N–H and O–H groups in total. The van der Waals surface area contributed by atoms with E-state index < -0.39 is 6.09 Å². The van der Waals surface area contributed by atoms with Crippen LogP contribution in [-0.2, 0) is 13.6 Å². The minimum absolute atomic E-state index is 0.197. The summed E-state index contributed by atoms with van der Waals surface area (Å²) in [7, 11) is 1.82. The van der Waals surface area contributed by atoms with E-state index in [2.05, 4.69) is 20.4 Å². The van der Waals surface area contributed by atoms with E-state index in [4.69, 9.17) is 5.11 Å². The van der Waals surface area contributed by atoms with Gasteiger partial charge in [0.25, 0.3) is 5.56 Å². The summed E-state index contributed by atoms with van der Waals surface area (Å²) in [5, 5.41) is 16.1. The van der Waals surface area contributed by atoms with Gasteiger partial charge in [0.2, 0.25) is 0 Å². The lowest BCUT2D eigenvalue weighted by atomic mass is 10.2. The molecule has 0 saturated heterocycles. The second kappa shape index (κ2) is 6.67. The average Bonchev–Trinajstić information content (AvgIpc) is 3.16. The van der Waals surface area contributed by atoms with Crippen LogP contribution < -0.4 is 10.9 Å². The first-order valence-electron chi connectivity index (χ1n) is 7.82. The van der Waals surface area contributed by atoms with Crippen molar-refractivity contribution in [3.63, 3.8) is 0 Å². The van der Waals surface area contributed by atoms with Crippen LogP contribution in [0.4, 0.5) is 10.6 Å².